The number of hydrogen-bond acceptors (Lipinski definition) is 3. The summed E-state index contributed by atoms with van der Waals surface area (Å²) in [7, 11) is 1.78. The summed E-state index contributed by atoms with van der Waals surface area (Å²) in [6.45, 7) is 9.33. The lowest BCUT2D eigenvalue weighted by Gasteiger charge is -2.18. The number of unbranched alkanes of at least 4 members (excludes halogenated alkanes) is 1. The summed E-state index contributed by atoms with van der Waals surface area (Å²) in [6.07, 6.45) is 4.33. The molecule has 1 aromatic rings. The van der Waals surface area contributed by atoms with E-state index >= 15 is 0 Å². The third kappa shape index (κ3) is 8.59. The van der Waals surface area contributed by atoms with Gasteiger partial charge in [-0.15, -0.1) is 0 Å². The number of guanidine groups is 1. The minimum absolute atomic E-state index is 0.177. The number of nitrogens with zero attached hydrogens (tertiary/aromatic N) is 2. The zero-order chi connectivity index (χ0) is 18.5. The Kier molecular flexibility index (Phi) is 11.3. The number of rotatable bonds is 11. The van der Waals surface area contributed by atoms with Crippen LogP contribution in [0.3, 0.4) is 0 Å². The molecule has 0 aromatic heterocycles. The third-order valence-electron chi connectivity index (χ3n) is 4.23. The highest BCUT2D eigenvalue weighted by atomic mass is 32.2. The fraction of sp³-hybridized carbons (Fsp3) is 0.632. The average molecular weight is 369 g/mol. The van der Waals surface area contributed by atoms with Gasteiger partial charge in [0.1, 0.15) is 5.82 Å². The number of benzene rings is 1. The smallest absolute Gasteiger partial charge is 0.191 e. The van der Waals surface area contributed by atoms with Gasteiger partial charge in [0.25, 0.3) is 0 Å². The normalized spacial score (nSPS) is 11.8. The van der Waals surface area contributed by atoms with Crippen molar-refractivity contribution in [2.45, 2.75) is 39.0 Å². The molecule has 0 aliphatic rings. The molecule has 6 heteroatoms. The van der Waals surface area contributed by atoms with Crippen molar-refractivity contribution >= 4 is 17.7 Å². The fourth-order valence-corrected chi connectivity index (χ4v) is 3.24. The number of nitrogens with one attached hydrogen (secondary N) is 2. The second-order valence-electron chi connectivity index (χ2n) is 5.93. The van der Waals surface area contributed by atoms with Crippen LogP contribution >= 0.6 is 11.8 Å². The largest absolute Gasteiger partial charge is 0.356 e. The van der Waals surface area contributed by atoms with Gasteiger partial charge in [0, 0.05) is 25.9 Å². The van der Waals surface area contributed by atoms with Crippen LogP contribution in [0.1, 0.15) is 37.8 Å². The van der Waals surface area contributed by atoms with Crippen LogP contribution < -0.4 is 10.6 Å². The van der Waals surface area contributed by atoms with Crippen molar-refractivity contribution in [3.05, 3.63) is 35.1 Å². The topological polar surface area (TPSA) is 39.7 Å². The Labute approximate surface area is 156 Å². The molecule has 1 rings (SSSR count). The summed E-state index contributed by atoms with van der Waals surface area (Å²) < 4.78 is 13.4. The van der Waals surface area contributed by atoms with Crippen molar-refractivity contribution in [1.29, 1.82) is 0 Å². The van der Waals surface area contributed by atoms with E-state index in [0.717, 1.165) is 55.4 Å². The van der Waals surface area contributed by atoms with E-state index in [4.69, 9.17) is 0 Å². The van der Waals surface area contributed by atoms with Crippen molar-refractivity contribution in [2.75, 3.05) is 39.5 Å². The van der Waals surface area contributed by atoms with Crippen molar-refractivity contribution in [2.24, 2.45) is 4.99 Å². The van der Waals surface area contributed by atoms with E-state index in [1.165, 1.54) is 12.5 Å². The van der Waals surface area contributed by atoms with E-state index in [-0.39, 0.29) is 5.82 Å². The molecule has 0 radical (unpaired) electrons. The zero-order valence-corrected chi connectivity index (χ0v) is 16.9. The van der Waals surface area contributed by atoms with Gasteiger partial charge in [-0.3, -0.25) is 4.99 Å². The van der Waals surface area contributed by atoms with E-state index in [0.29, 0.717) is 6.54 Å². The molecule has 0 saturated heterocycles. The second kappa shape index (κ2) is 13.0. The van der Waals surface area contributed by atoms with Crippen LogP contribution in [-0.4, -0.2) is 50.3 Å². The number of halogens is 1. The maximum atomic E-state index is 13.4. The highest BCUT2D eigenvalue weighted by molar-refractivity contribution is 7.97. The molecule has 2 N–H and O–H groups in total. The van der Waals surface area contributed by atoms with E-state index < -0.39 is 0 Å². The number of aliphatic imine (C=N–C) groups is 1. The molecule has 0 aliphatic carbocycles. The Balaban J connectivity index is 2.37. The first kappa shape index (κ1) is 21.8. The summed E-state index contributed by atoms with van der Waals surface area (Å²) in [5.41, 5.74) is 2.15. The molecule has 142 valence electrons. The predicted octanol–water partition coefficient (Wildman–Crippen LogP) is 3.48. The van der Waals surface area contributed by atoms with Crippen LogP contribution in [0.5, 0.6) is 0 Å². The predicted molar refractivity (Wildman–Crippen MR) is 109 cm³/mol. The first-order valence-electron chi connectivity index (χ1n) is 9.07. The molecule has 0 heterocycles. The Morgan fingerprint density at radius 2 is 1.92 bits per heavy atom. The lowest BCUT2D eigenvalue weighted by atomic mass is 10.1. The molecule has 0 aliphatic heterocycles. The van der Waals surface area contributed by atoms with Crippen LogP contribution in [0.4, 0.5) is 4.39 Å². The molecule has 0 bridgehead atoms. The van der Waals surface area contributed by atoms with Gasteiger partial charge < -0.3 is 15.5 Å². The molecule has 25 heavy (non-hydrogen) atoms. The SMILES string of the molecule is CCN(CC)CCCCNC(=NC)NCc1ccc(F)cc1CSC. The van der Waals surface area contributed by atoms with Gasteiger partial charge in [-0.25, -0.2) is 4.39 Å². The molecule has 0 unspecified atom stereocenters. The van der Waals surface area contributed by atoms with Crippen molar-refractivity contribution in [3.8, 4) is 0 Å². The van der Waals surface area contributed by atoms with Gasteiger partial charge in [0.15, 0.2) is 5.96 Å². The molecular weight excluding hydrogens is 335 g/mol. The minimum atomic E-state index is -0.177. The molecule has 0 atom stereocenters. The van der Waals surface area contributed by atoms with E-state index in [1.807, 2.05) is 12.3 Å². The second-order valence-corrected chi connectivity index (χ2v) is 6.80. The van der Waals surface area contributed by atoms with Crippen LogP contribution in [0, 0.1) is 5.82 Å². The van der Waals surface area contributed by atoms with Gasteiger partial charge in [0.05, 0.1) is 0 Å². The van der Waals surface area contributed by atoms with E-state index in [9.17, 15) is 4.39 Å². The van der Waals surface area contributed by atoms with Gasteiger partial charge in [0.2, 0.25) is 0 Å². The molecule has 0 amide bonds. The maximum Gasteiger partial charge on any atom is 0.191 e. The first-order valence-corrected chi connectivity index (χ1v) is 10.5. The molecule has 0 fully saturated rings. The Morgan fingerprint density at radius 3 is 2.56 bits per heavy atom. The quantitative estimate of drug-likeness (QED) is 0.356. The lowest BCUT2D eigenvalue weighted by molar-refractivity contribution is 0.297. The fourth-order valence-electron chi connectivity index (χ4n) is 2.66. The Hall–Kier alpha value is -1.27. The maximum absolute atomic E-state index is 13.4. The summed E-state index contributed by atoms with van der Waals surface area (Å²) in [6, 6.07) is 4.99. The van der Waals surface area contributed by atoms with E-state index in [1.54, 1.807) is 24.9 Å². The van der Waals surface area contributed by atoms with Crippen molar-refractivity contribution in [3.63, 3.8) is 0 Å². The molecular formula is C19H33FN4S. The minimum Gasteiger partial charge on any atom is -0.356 e. The van der Waals surface area contributed by atoms with Crippen LogP contribution in [0.25, 0.3) is 0 Å². The van der Waals surface area contributed by atoms with Crippen LogP contribution in [-0.2, 0) is 12.3 Å². The summed E-state index contributed by atoms with van der Waals surface area (Å²) in [4.78, 5) is 6.71. The highest BCUT2D eigenvalue weighted by Crippen LogP contribution is 2.16. The van der Waals surface area contributed by atoms with Gasteiger partial charge >= 0.3 is 0 Å². The van der Waals surface area contributed by atoms with E-state index in [2.05, 4.69) is 34.4 Å². The highest BCUT2D eigenvalue weighted by Gasteiger charge is 2.05. The summed E-state index contributed by atoms with van der Waals surface area (Å²) in [5, 5.41) is 6.68. The standard InChI is InChI=1S/C19H33FN4S/c1-5-24(6-2)12-8-7-11-22-19(21-3)23-14-16-9-10-18(20)13-17(16)15-25-4/h9-10,13H,5-8,11-12,14-15H2,1-4H3,(H2,21,22,23). The Bertz CT molecular complexity index is 518. The zero-order valence-electron chi connectivity index (χ0n) is 16.1. The monoisotopic (exact) mass is 368 g/mol. The molecule has 0 spiro atoms. The van der Waals surface area contributed by atoms with Gasteiger partial charge in [-0.1, -0.05) is 19.9 Å². The van der Waals surface area contributed by atoms with Gasteiger partial charge in [-0.2, -0.15) is 11.8 Å². The molecule has 4 nitrogen and oxygen atoms in total. The number of hydrogen-bond donors (Lipinski definition) is 2. The van der Waals surface area contributed by atoms with Crippen LogP contribution in [0.2, 0.25) is 0 Å². The summed E-state index contributed by atoms with van der Waals surface area (Å²) in [5.74, 6) is 1.43. The van der Waals surface area contributed by atoms with Crippen molar-refractivity contribution in [1.82, 2.24) is 15.5 Å². The average Bonchev–Trinajstić information content (AvgIpc) is 2.62. The molecule has 1 aromatic carbocycles. The van der Waals surface area contributed by atoms with Crippen molar-refractivity contribution < 1.29 is 4.39 Å². The number of thioether (sulfide) groups is 1. The Morgan fingerprint density at radius 1 is 1.16 bits per heavy atom. The lowest BCUT2D eigenvalue weighted by Crippen LogP contribution is -2.37. The molecule has 0 saturated carbocycles. The third-order valence-corrected chi connectivity index (χ3v) is 4.83. The van der Waals surface area contributed by atoms with Crippen LogP contribution in [0.15, 0.2) is 23.2 Å². The first-order chi connectivity index (χ1) is 12.1. The van der Waals surface area contributed by atoms with Gasteiger partial charge in [-0.05, 0) is 62.0 Å². The summed E-state index contributed by atoms with van der Waals surface area (Å²) >= 11 is 1.70.